The third-order valence-corrected chi connectivity index (χ3v) is 3.63. The number of pyridine rings is 1. The summed E-state index contributed by atoms with van der Waals surface area (Å²) in [5, 5.41) is 7.06. The normalized spacial score (nSPS) is 11.8. The third kappa shape index (κ3) is 4.44. The molecule has 1 aromatic carbocycles. The van der Waals surface area contributed by atoms with E-state index < -0.39 is 0 Å². The first-order chi connectivity index (χ1) is 12.1. The summed E-state index contributed by atoms with van der Waals surface area (Å²) in [6.07, 6.45) is 6.45. The number of nitrogens with one attached hydrogen (secondary N) is 1. The molecule has 6 nitrogen and oxygen atoms in total. The third-order valence-electron chi connectivity index (χ3n) is 3.63. The molecule has 0 saturated heterocycles. The zero-order valence-corrected chi connectivity index (χ0v) is 14.2. The number of aromatic nitrogens is 3. The first-order valence-corrected chi connectivity index (χ1v) is 8.08. The van der Waals surface area contributed by atoms with Crippen molar-refractivity contribution in [2.75, 3.05) is 6.54 Å². The van der Waals surface area contributed by atoms with Gasteiger partial charge in [-0.05, 0) is 43.7 Å². The fraction of sp³-hybridized carbons (Fsp3) is 0.211. The maximum atomic E-state index is 12.3. The van der Waals surface area contributed by atoms with Crippen LogP contribution in [0.5, 0.6) is 5.75 Å². The summed E-state index contributed by atoms with van der Waals surface area (Å²) < 4.78 is 7.43. The molecule has 0 aliphatic rings. The summed E-state index contributed by atoms with van der Waals surface area (Å²) in [5.74, 6) is 0.612. The van der Waals surface area contributed by atoms with Crippen LogP contribution >= 0.6 is 0 Å². The number of ether oxygens (including phenoxy) is 1. The van der Waals surface area contributed by atoms with E-state index in [1.165, 1.54) is 6.20 Å². The van der Waals surface area contributed by atoms with Crippen molar-refractivity contribution in [1.82, 2.24) is 20.1 Å². The molecule has 0 aliphatic carbocycles. The number of carbonyl (C=O) groups excluding carboxylic acids is 1. The number of amides is 1. The van der Waals surface area contributed by atoms with Gasteiger partial charge in [0.25, 0.3) is 5.91 Å². The number of carbonyl (C=O) groups is 1. The number of hydrogen-bond acceptors (Lipinski definition) is 4. The Bertz CT molecular complexity index is 845. The minimum absolute atomic E-state index is 0.140. The van der Waals surface area contributed by atoms with Gasteiger partial charge in [-0.25, -0.2) is 4.68 Å². The van der Waals surface area contributed by atoms with E-state index in [2.05, 4.69) is 15.4 Å². The predicted molar refractivity (Wildman–Crippen MR) is 95.0 cm³/mol. The minimum atomic E-state index is -0.185. The highest BCUT2D eigenvalue weighted by Gasteiger charge is 2.11. The van der Waals surface area contributed by atoms with E-state index in [1.807, 2.05) is 50.2 Å². The number of nitrogens with zero attached hydrogens (tertiary/aromatic N) is 3. The Balaban J connectivity index is 1.55. The van der Waals surface area contributed by atoms with E-state index in [0.717, 1.165) is 17.0 Å². The Morgan fingerprint density at radius 3 is 2.92 bits per heavy atom. The van der Waals surface area contributed by atoms with Gasteiger partial charge in [-0.1, -0.05) is 12.1 Å². The summed E-state index contributed by atoms with van der Waals surface area (Å²) in [6.45, 7) is 4.34. The molecule has 1 N–H and O–H groups in total. The Morgan fingerprint density at radius 1 is 1.28 bits per heavy atom. The van der Waals surface area contributed by atoms with Crippen molar-refractivity contribution in [2.45, 2.75) is 20.0 Å². The van der Waals surface area contributed by atoms with Gasteiger partial charge >= 0.3 is 0 Å². The first kappa shape index (κ1) is 16.7. The van der Waals surface area contributed by atoms with Crippen molar-refractivity contribution in [1.29, 1.82) is 0 Å². The molecule has 3 rings (SSSR count). The van der Waals surface area contributed by atoms with E-state index in [1.54, 1.807) is 23.3 Å². The van der Waals surface area contributed by atoms with E-state index in [9.17, 15) is 4.79 Å². The van der Waals surface area contributed by atoms with Gasteiger partial charge in [0.15, 0.2) is 0 Å². The highest BCUT2D eigenvalue weighted by atomic mass is 16.5. The molecule has 25 heavy (non-hydrogen) atoms. The van der Waals surface area contributed by atoms with Crippen LogP contribution in [0.25, 0.3) is 5.69 Å². The average molecular weight is 336 g/mol. The van der Waals surface area contributed by atoms with Gasteiger partial charge in [0.05, 0.1) is 30.2 Å². The lowest BCUT2D eigenvalue weighted by Gasteiger charge is -2.15. The van der Waals surface area contributed by atoms with Crippen LogP contribution in [0.2, 0.25) is 0 Å². The topological polar surface area (TPSA) is 69.0 Å². The second-order valence-electron chi connectivity index (χ2n) is 5.84. The summed E-state index contributed by atoms with van der Waals surface area (Å²) in [5.41, 5.74) is 2.43. The molecule has 1 unspecified atom stereocenters. The quantitative estimate of drug-likeness (QED) is 0.751. The van der Waals surface area contributed by atoms with Crippen molar-refractivity contribution in [3.63, 3.8) is 0 Å². The van der Waals surface area contributed by atoms with Crippen LogP contribution in [-0.4, -0.2) is 33.3 Å². The number of aryl methyl sites for hydroxylation is 1. The molecule has 1 amide bonds. The first-order valence-electron chi connectivity index (χ1n) is 8.08. The lowest BCUT2D eigenvalue weighted by Crippen LogP contribution is -2.33. The van der Waals surface area contributed by atoms with Gasteiger partial charge in [-0.3, -0.25) is 9.78 Å². The van der Waals surface area contributed by atoms with Crippen LogP contribution in [0.4, 0.5) is 0 Å². The van der Waals surface area contributed by atoms with Crippen molar-refractivity contribution in [3.8, 4) is 11.4 Å². The Labute approximate surface area is 146 Å². The Kier molecular flexibility index (Phi) is 5.09. The molecule has 0 spiro atoms. The van der Waals surface area contributed by atoms with Gasteiger partial charge in [0.2, 0.25) is 0 Å². The monoisotopic (exact) mass is 336 g/mol. The summed E-state index contributed by atoms with van der Waals surface area (Å²) in [7, 11) is 0. The number of benzene rings is 1. The van der Waals surface area contributed by atoms with Crippen LogP contribution < -0.4 is 10.1 Å². The van der Waals surface area contributed by atoms with E-state index >= 15 is 0 Å². The summed E-state index contributed by atoms with van der Waals surface area (Å²) in [6, 6.07) is 11.5. The van der Waals surface area contributed by atoms with Crippen molar-refractivity contribution < 1.29 is 9.53 Å². The highest BCUT2D eigenvalue weighted by molar-refractivity contribution is 5.93. The molecular weight excluding hydrogens is 316 g/mol. The molecule has 0 fully saturated rings. The molecular formula is C19H20N4O2. The van der Waals surface area contributed by atoms with Crippen molar-refractivity contribution in [3.05, 3.63) is 72.3 Å². The zero-order chi connectivity index (χ0) is 17.6. The van der Waals surface area contributed by atoms with Crippen LogP contribution in [0, 0.1) is 6.92 Å². The standard InChI is InChI=1S/C19H20N4O2/c1-14-5-3-7-18(9-14)25-15(2)10-21-19(24)16-11-22-23(13-16)17-6-4-8-20-12-17/h3-9,11-13,15H,10H2,1-2H3,(H,21,24). The summed E-state index contributed by atoms with van der Waals surface area (Å²) in [4.78, 5) is 16.3. The second-order valence-corrected chi connectivity index (χ2v) is 5.84. The SMILES string of the molecule is Cc1cccc(OC(C)CNC(=O)c2cnn(-c3cccnc3)c2)c1. The van der Waals surface area contributed by atoms with Crippen LogP contribution in [-0.2, 0) is 0 Å². The molecule has 3 aromatic rings. The van der Waals surface area contributed by atoms with Crippen molar-refractivity contribution in [2.24, 2.45) is 0 Å². The van der Waals surface area contributed by atoms with E-state index in [0.29, 0.717) is 12.1 Å². The fourth-order valence-electron chi connectivity index (χ4n) is 2.37. The van der Waals surface area contributed by atoms with Gasteiger partial charge in [0.1, 0.15) is 11.9 Å². The molecule has 2 heterocycles. The van der Waals surface area contributed by atoms with Crippen LogP contribution in [0.15, 0.2) is 61.2 Å². The fourth-order valence-corrected chi connectivity index (χ4v) is 2.37. The lowest BCUT2D eigenvalue weighted by atomic mass is 10.2. The van der Waals surface area contributed by atoms with Crippen LogP contribution in [0.3, 0.4) is 0 Å². The molecule has 2 aromatic heterocycles. The van der Waals surface area contributed by atoms with Gasteiger partial charge < -0.3 is 10.1 Å². The average Bonchev–Trinajstić information content (AvgIpc) is 3.11. The predicted octanol–water partition coefficient (Wildman–Crippen LogP) is 2.77. The molecule has 0 radical (unpaired) electrons. The van der Waals surface area contributed by atoms with Gasteiger partial charge in [-0.15, -0.1) is 0 Å². The van der Waals surface area contributed by atoms with Crippen LogP contribution in [0.1, 0.15) is 22.8 Å². The molecule has 0 aliphatic heterocycles. The second kappa shape index (κ2) is 7.61. The van der Waals surface area contributed by atoms with E-state index in [-0.39, 0.29) is 12.0 Å². The maximum Gasteiger partial charge on any atom is 0.254 e. The molecule has 0 bridgehead atoms. The highest BCUT2D eigenvalue weighted by Crippen LogP contribution is 2.14. The smallest absolute Gasteiger partial charge is 0.254 e. The largest absolute Gasteiger partial charge is 0.489 e. The Morgan fingerprint density at radius 2 is 2.16 bits per heavy atom. The maximum absolute atomic E-state index is 12.3. The van der Waals surface area contributed by atoms with Crippen molar-refractivity contribution >= 4 is 5.91 Å². The molecule has 0 saturated carbocycles. The summed E-state index contributed by atoms with van der Waals surface area (Å²) >= 11 is 0. The molecule has 6 heteroatoms. The number of hydrogen-bond donors (Lipinski definition) is 1. The zero-order valence-electron chi connectivity index (χ0n) is 14.2. The van der Waals surface area contributed by atoms with Gasteiger partial charge in [-0.2, -0.15) is 5.10 Å². The molecule has 128 valence electrons. The van der Waals surface area contributed by atoms with E-state index in [4.69, 9.17) is 4.74 Å². The molecule has 1 atom stereocenters. The van der Waals surface area contributed by atoms with Gasteiger partial charge in [0, 0.05) is 12.4 Å². The lowest BCUT2D eigenvalue weighted by molar-refractivity contribution is 0.0932. The number of rotatable bonds is 6. The minimum Gasteiger partial charge on any atom is -0.489 e. The Hall–Kier alpha value is -3.15.